The van der Waals surface area contributed by atoms with E-state index in [-0.39, 0.29) is 6.04 Å². The first-order valence-electron chi connectivity index (χ1n) is 5.86. The second-order valence-electron chi connectivity index (χ2n) is 5.31. The molecular formula is C12H21NO. The van der Waals surface area contributed by atoms with Crippen molar-refractivity contribution in [1.29, 1.82) is 0 Å². The largest absolute Gasteiger partial charge is 0.298 e. The van der Waals surface area contributed by atoms with Gasteiger partial charge in [-0.3, -0.25) is 9.69 Å². The van der Waals surface area contributed by atoms with Gasteiger partial charge in [-0.1, -0.05) is 6.92 Å². The third-order valence-electron chi connectivity index (χ3n) is 3.89. The van der Waals surface area contributed by atoms with E-state index in [4.69, 9.17) is 0 Å². The molecule has 0 aromatic carbocycles. The van der Waals surface area contributed by atoms with Crippen LogP contribution in [0.15, 0.2) is 0 Å². The molecular weight excluding hydrogens is 174 g/mol. The topological polar surface area (TPSA) is 20.3 Å². The van der Waals surface area contributed by atoms with Gasteiger partial charge in [-0.15, -0.1) is 0 Å². The summed E-state index contributed by atoms with van der Waals surface area (Å²) < 4.78 is 0. The first-order valence-corrected chi connectivity index (χ1v) is 5.86. The number of Topliss-reactive ketones (excluding diaryl/α,β-unsaturated/α-hetero) is 1. The summed E-state index contributed by atoms with van der Waals surface area (Å²) in [6.45, 7) is 7.56. The average Bonchev–Trinajstić information content (AvgIpc) is 2.76. The van der Waals surface area contributed by atoms with E-state index in [0.717, 1.165) is 6.42 Å². The molecule has 0 radical (unpaired) electrons. The fraction of sp³-hybridized carbons (Fsp3) is 0.917. The molecule has 0 bridgehead atoms. The maximum absolute atomic E-state index is 11.8. The minimum Gasteiger partial charge on any atom is -0.298 e. The second-order valence-corrected chi connectivity index (χ2v) is 5.31. The van der Waals surface area contributed by atoms with E-state index in [1.54, 1.807) is 0 Å². The number of hydrogen-bond acceptors (Lipinski definition) is 2. The minimum atomic E-state index is 0.238. The third kappa shape index (κ3) is 1.60. The monoisotopic (exact) mass is 195 g/mol. The maximum Gasteiger partial charge on any atom is 0.149 e. The van der Waals surface area contributed by atoms with Gasteiger partial charge >= 0.3 is 0 Å². The van der Waals surface area contributed by atoms with Gasteiger partial charge in [0.05, 0.1) is 6.04 Å². The lowest BCUT2D eigenvalue weighted by molar-refractivity contribution is -0.123. The molecule has 2 nitrogen and oxygen atoms in total. The van der Waals surface area contributed by atoms with Gasteiger partial charge in [-0.05, 0) is 38.5 Å². The molecule has 2 aliphatic rings. The molecule has 2 fully saturated rings. The minimum absolute atomic E-state index is 0.238. The quantitative estimate of drug-likeness (QED) is 0.688. The highest BCUT2D eigenvalue weighted by Gasteiger charge is 2.53. The summed E-state index contributed by atoms with van der Waals surface area (Å²) in [6.07, 6.45) is 4.54. The Bertz CT molecular complexity index is 243. The normalized spacial score (nSPS) is 30.1. The molecule has 1 saturated carbocycles. The Hall–Kier alpha value is -0.370. The van der Waals surface area contributed by atoms with Crippen molar-refractivity contribution in [3.05, 3.63) is 0 Å². The average molecular weight is 195 g/mol. The summed E-state index contributed by atoms with van der Waals surface area (Å²) in [7, 11) is 0. The number of hydrogen-bond donors (Lipinski definition) is 0. The van der Waals surface area contributed by atoms with E-state index in [1.165, 1.54) is 19.4 Å². The van der Waals surface area contributed by atoms with Crippen molar-refractivity contribution in [3.63, 3.8) is 0 Å². The Morgan fingerprint density at radius 2 is 2.14 bits per heavy atom. The van der Waals surface area contributed by atoms with Gasteiger partial charge in [-0.25, -0.2) is 0 Å². The molecule has 2 heteroatoms. The van der Waals surface area contributed by atoms with Gasteiger partial charge in [0.2, 0.25) is 0 Å². The molecule has 14 heavy (non-hydrogen) atoms. The van der Waals surface area contributed by atoms with E-state index in [2.05, 4.69) is 18.7 Å². The van der Waals surface area contributed by atoms with Gasteiger partial charge in [0.25, 0.3) is 0 Å². The zero-order chi connectivity index (χ0) is 10.3. The standard InChI is InChI=1S/C12H21NO/c1-4-11(14)10-7-12(5-6-12)8-13(10)9(2)3/h9-10H,4-8H2,1-3H3. The first kappa shape index (κ1) is 10.2. The zero-order valence-electron chi connectivity index (χ0n) is 9.55. The summed E-state index contributed by atoms with van der Waals surface area (Å²) in [5.74, 6) is 0.447. The highest BCUT2D eigenvalue weighted by Crippen LogP contribution is 2.55. The first-order chi connectivity index (χ1) is 6.58. The number of ketones is 1. The molecule has 2 rings (SSSR count). The highest BCUT2D eigenvalue weighted by molar-refractivity contribution is 5.84. The van der Waals surface area contributed by atoms with E-state index in [0.29, 0.717) is 23.7 Å². The zero-order valence-corrected chi connectivity index (χ0v) is 9.55. The molecule has 1 aliphatic carbocycles. The van der Waals surface area contributed by atoms with Crippen LogP contribution in [0.1, 0.15) is 46.5 Å². The lowest BCUT2D eigenvalue weighted by Gasteiger charge is -2.26. The predicted molar refractivity (Wildman–Crippen MR) is 57.2 cm³/mol. The highest BCUT2D eigenvalue weighted by atomic mass is 16.1. The fourth-order valence-corrected chi connectivity index (χ4v) is 2.71. The summed E-state index contributed by atoms with van der Waals surface area (Å²) in [5.41, 5.74) is 0.555. The van der Waals surface area contributed by atoms with Crippen LogP contribution >= 0.6 is 0 Å². The third-order valence-corrected chi connectivity index (χ3v) is 3.89. The number of carbonyl (C=O) groups excluding carboxylic acids is 1. The lowest BCUT2D eigenvalue weighted by Crippen LogP contribution is -2.40. The number of likely N-dealkylation sites (tertiary alicyclic amines) is 1. The van der Waals surface area contributed by atoms with Crippen LogP contribution < -0.4 is 0 Å². The Labute approximate surface area is 86.7 Å². The van der Waals surface area contributed by atoms with Crippen LogP contribution in [0.4, 0.5) is 0 Å². The van der Waals surface area contributed by atoms with Crippen LogP contribution in [0.2, 0.25) is 0 Å². The molecule has 0 aromatic heterocycles. The molecule has 0 N–H and O–H groups in total. The van der Waals surface area contributed by atoms with Crippen LogP contribution in [0.5, 0.6) is 0 Å². The molecule has 1 spiro atoms. The smallest absolute Gasteiger partial charge is 0.149 e. The van der Waals surface area contributed by atoms with E-state index in [1.807, 2.05) is 6.92 Å². The molecule has 1 heterocycles. The van der Waals surface area contributed by atoms with E-state index >= 15 is 0 Å². The Kier molecular flexibility index (Phi) is 2.42. The summed E-state index contributed by atoms with van der Waals surface area (Å²) >= 11 is 0. The number of rotatable bonds is 3. The lowest BCUT2D eigenvalue weighted by atomic mass is 10.00. The summed E-state index contributed by atoms with van der Waals surface area (Å²) in [5, 5.41) is 0. The van der Waals surface area contributed by atoms with Crippen molar-refractivity contribution in [2.24, 2.45) is 5.41 Å². The molecule has 1 aliphatic heterocycles. The van der Waals surface area contributed by atoms with E-state index < -0.39 is 0 Å². The number of nitrogens with zero attached hydrogens (tertiary/aromatic N) is 1. The van der Waals surface area contributed by atoms with Crippen LogP contribution in [-0.4, -0.2) is 29.3 Å². The Morgan fingerprint density at radius 3 is 2.57 bits per heavy atom. The fourth-order valence-electron chi connectivity index (χ4n) is 2.71. The van der Waals surface area contributed by atoms with Crippen LogP contribution in [-0.2, 0) is 4.79 Å². The van der Waals surface area contributed by atoms with Crippen molar-refractivity contribution < 1.29 is 4.79 Å². The molecule has 1 saturated heterocycles. The second kappa shape index (κ2) is 3.34. The molecule has 0 aromatic rings. The van der Waals surface area contributed by atoms with E-state index in [9.17, 15) is 4.79 Å². The molecule has 1 unspecified atom stereocenters. The van der Waals surface area contributed by atoms with Gasteiger partial charge in [-0.2, -0.15) is 0 Å². The maximum atomic E-state index is 11.8. The van der Waals surface area contributed by atoms with Crippen LogP contribution in [0, 0.1) is 5.41 Å². The van der Waals surface area contributed by atoms with Crippen molar-refractivity contribution in [1.82, 2.24) is 4.90 Å². The number of carbonyl (C=O) groups is 1. The molecule has 0 amide bonds. The van der Waals surface area contributed by atoms with Crippen LogP contribution in [0.3, 0.4) is 0 Å². The van der Waals surface area contributed by atoms with Crippen molar-refractivity contribution in [2.45, 2.75) is 58.5 Å². The van der Waals surface area contributed by atoms with Gasteiger partial charge < -0.3 is 0 Å². The van der Waals surface area contributed by atoms with Crippen LogP contribution in [0.25, 0.3) is 0 Å². The van der Waals surface area contributed by atoms with Gasteiger partial charge in [0, 0.05) is 19.0 Å². The summed E-state index contributed by atoms with van der Waals surface area (Å²) in [6, 6.07) is 0.762. The van der Waals surface area contributed by atoms with Crippen molar-refractivity contribution >= 4 is 5.78 Å². The SMILES string of the molecule is CCC(=O)C1CC2(CC2)CN1C(C)C. The Balaban J connectivity index is 2.09. The van der Waals surface area contributed by atoms with Crippen molar-refractivity contribution in [2.75, 3.05) is 6.54 Å². The summed E-state index contributed by atoms with van der Waals surface area (Å²) in [4.78, 5) is 14.2. The Morgan fingerprint density at radius 1 is 1.50 bits per heavy atom. The van der Waals surface area contributed by atoms with Gasteiger partial charge in [0.15, 0.2) is 0 Å². The molecule has 1 atom stereocenters. The molecule has 80 valence electrons. The van der Waals surface area contributed by atoms with Crippen molar-refractivity contribution in [3.8, 4) is 0 Å². The van der Waals surface area contributed by atoms with Gasteiger partial charge in [0.1, 0.15) is 5.78 Å². The predicted octanol–water partition coefficient (Wildman–Crippen LogP) is 2.23.